The van der Waals surface area contributed by atoms with Crippen LogP contribution < -0.4 is 9.46 Å². The molecule has 4 atom stereocenters. The number of nitrogens with zero attached hydrogens (tertiary/aromatic N) is 3. The zero-order chi connectivity index (χ0) is 33.3. The van der Waals surface area contributed by atoms with Gasteiger partial charge in [0, 0.05) is 55.3 Å². The number of benzene rings is 2. The van der Waals surface area contributed by atoms with Crippen LogP contribution in [0.15, 0.2) is 71.9 Å². The van der Waals surface area contributed by atoms with Crippen molar-refractivity contribution < 1.29 is 27.8 Å². The summed E-state index contributed by atoms with van der Waals surface area (Å²) < 4.78 is 41.6. The molecule has 0 spiro atoms. The van der Waals surface area contributed by atoms with Crippen molar-refractivity contribution in [2.45, 2.75) is 69.7 Å². The number of aliphatic hydroxyl groups excluding tert-OH is 1. The Bertz CT molecular complexity index is 1530. The number of anilines is 1. The Morgan fingerprint density at radius 3 is 2.52 bits per heavy atom. The highest BCUT2D eigenvalue weighted by Gasteiger charge is 2.30. The highest BCUT2D eigenvalue weighted by molar-refractivity contribution is 7.92. The summed E-state index contributed by atoms with van der Waals surface area (Å²) in [5, 5.41) is 10.6. The second-order valence-corrected chi connectivity index (χ2v) is 14.2. The average Bonchev–Trinajstić information content (AvgIpc) is 3.03. The molecule has 12 heteroatoms. The van der Waals surface area contributed by atoms with Crippen LogP contribution >= 0.6 is 11.6 Å². The fourth-order valence-electron chi connectivity index (χ4n) is 5.45. The summed E-state index contributed by atoms with van der Waals surface area (Å²) in [5.41, 5.74) is 1.56. The summed E-state index contributed by atoms with van der Waals surface area (Å²) in [5.74, 6) is -0.101. The molecule has 2 N–H and O–H groups in total. The van der Waals surface area contributed by atoms with Crippen LogP contribution in [0.5, 0.6) is 5.75 Å². The van der Waals surface area contributed by atoms with E-state index in [1.54, 1.807) is 36.4 Å². The van der Waals surface area contributed by atoms with Crippen molar-refractivity contribution in [1.29, 1.82) is 0 Å². The number of aliphatic hydroxyl groups is 1. The van der Waals surface area contributed by atoms with Crippen molar-refractivity contribution in [3.8, 4) is 5.75 Å². The number of carbonyl (C=O) groups excluding carboxylic acids is 1. The zero-order valence-electron chi connectivity index (χ0n) is 26.9. The molecule has 2 aromatic carbocycles. The topological polar surface area (TPSA) is 121 Å². The lowest BCUT2D eigenvalue weighted by atomic mass is 10.0. The molecule has 0 saturated carbocycles. The fourth-order valence-corrected chi connectivity index (χ4v) is 6.62. The number of fused-ring (bicyclic) bond motifs is 1. The lowest BCUT2D eigenvalue weighted by Crippen LogP contribution is -2.47. The molecule has 250 valence electrons. The predicted molar refractivity (Wildman–Crippen MR) is 180 cm³/mol. The quantitative estimate of drug-likeness (QED) is 0.307. The Hall–Kier alpha value is -3.22. The molecule has 0 fully saturated rings. The number of pyridine rings is 1. The van der Waals surface area contributed by atoms with Gasteiger partial charge in [0.15, 0.2) is 0 Å². The predicted octanol–water partition coefficient (Wildman–Crippen LogP) is 5.46. The first-order chi connectivity index (χ1) is 22.0. The summed E-state index contributed by atoms with van der Waals surface area (Å²) in [6, 6.07) is 14.0. The highest BCUT2D eigenvalue weighted by atomic mass is 35.5. The Morgan fingerprint density at radius 2 is 1.83 bits per heavy atom. The summed E-state index contributed by atoms with van der Waals surface area (Å²) >= 11 is 5.95. The second-order valence-electron chi connectivity index (χ2n) is 12.1. The van der Waals surface area contributed by atoms with Gasteiger partial charge in [-0.3, -0.25) is 19.4 Å². The molecule has 3 aromatic rings. The van der Waals surface area contributed by atoms with Gasteiger partial charge in [0.2, 0.25) is 0 Å². The first-order valence-corrected chi connectivity index (χ1v) is 17.5. The molecule has 1 aliphatic rings. The number of hydrogen-bond donors (Lipinski definition) is 2. The normalized spacial score (nSPS) is 20.8. The molecule has 46 heavy (non-hydrogen) atoms. The number of rotatable bonds is 9. The maximum atomic E-state index is 14.3. The van der Waals surface area contributed by atoms with E-state index in [2.05, 4.69) is 21.5 Å². The number of amides is 1. The lowest BCUT2D eigenvalue weighted by molar-refractivity contribution is -0.0177. The number of sulfonamides is 1. The van der Waals surface area contributed by atoms with Crippen LogP contribution in [-0.4, -0.2) is 85.8 Å². The maximum absolute atomic E-state index is 14.3. The molecule has 1 aromatic heterocycles. The minimum Gasteiger partial charge on any atom is -0.490 e. The molecule has 4 rings (SSSR count). The number of hydrogen-bond acceptors (Lipinski definition) is 8. The van der Waals surface area contributed by atoms with Crippen molar-refractivity contribution >= 4 is 33.2 Å². The summed E-state index contributed by atoms with van der Waals surface area (Å²) in [6.45, 7) is 7.80. The third-order valence-electron chi connectivity index (χ3n) is 8.12. The summed E-state index contributed by atoms with van der Waals surface area (Å²) in [6.07, 6.45) is 5.67. The van der Waals surface area contributed by atoms with E-state index < -0.39 is 16.1 Å². The molecule has 0 bridgehead atoms. The third-order valence-corrected chi connectivity index (χ3v) is 9.77. The number of ether oxygens (including phenoxy) is 2. The van der Waals surface area contributed by atoms with Gasteiger partial charge in [0.1, 0.15) is 5.75 Å². The largest absolute Gasteiger partial charge is 0.490 e. The molecular formula is C34H45ClN4O6S. The minimum atomic E-state index is -3.96. The van der Waals surface area contributed by atoms with E-state index in [4.69, 9.17) is 21.1 Å². The van der Waals surface area contributed by atoms with Gasteiger partial charge in [-0.05, 0) is 100 Å². The van der Waals surface area contributed by atoms with Crippen LogP contribution in [0.4, 0.5) is 5.69 Å². The fraction of sp³-hybridized carbons (Fsp3) is 0.471. The van der Waals surface area contributed by atoms with E-state index in [-0.39, 0.29) is 46.8 Å². The third kappa shape index (κ3) is 9.89. The van der Waals surface area contributed by atoms with E-state index in [1.165, 1.54) is 30.3 Å². The van der Waals surface area contributed by atoms with Crippen molar-refractivity contribution in [3.63, 3.8) is 0 Å². The van der Waals surface area contributed by atoms with Crippen molar-refractivity contribution in [1.82, 2.24) is 14.8 Å². The molecule has 0 saturated heterocycles. The van der Waals surface area contributed by atoms with E-state index >= 15 is 0 Å². The molecule has 0 unspecified atom stereocenters. The first-order valence-electron chi connectivity index (χ1n) is 15.7. The number of halogens is 1. The van der Waals surface area contributed by atoms with E-state index in [0.717, 1.165) is 31.4 Å². The van der Waals surface area contributed by atoms with Gasteiger partial charge in [-0.25, -0.2) is 8.42 Å². The monoisotopic (exact) mass is 672 g/mol. The molecule has 1 amide bonds. The van der Waals surface area contributed by atoms with Gasteiger partial charge in [0.05, 0.1) is 35.3 Å². The molecule has 10 nitrogen and oxygen atoms in total. The molecule has 1 aliphatic heterocycles. The smallest absolute Gasteiger partial charge is 0.261 e. The minimum absolute atomic E-state index is 0.0393. The van der Waals surface area contributed by atoms with E-state index in [9.17, 15) is 18.3 Å². The van der Waals surface area contributed by atoms with Gasteiger partial charge in [-0.2, -0.15) is 0 Å². The second kappa shape index (κ2) is 16.6. The molecule has 0 aliphatic carbocycles. The van der Waals surface area contributed by atoms with Crippen molar-refractivity contribution in [2.75, 3.05) is 38.1 Å². The number of carbonyl (C=O) groups is 1. The van der Waals surface area contributed by atoms with Crippen molar-refractivity contribution in [3.05, 3.63) is 83.1 Å². The maximum Gasteiger partial charge on any atom is 0.261 e. The zero-order valence-corrected chi connectivity index (χ0v) is 28.5. The van der Waals surface area contributed by atoms with Crippen molar-refractivity contribution in [2.24, 2.45) is 5.92 Å². The number of nitrogens with one attached hydrogen (secondary N) is 1. The standard InChI is InChI=1S/C34H45ClN4O6S/c1-24-20-39(25(2)23-40)34(41)31-19-29(37-46(42,43)30-11-8-28(35)9-12-30)10-13-32(31)45-26(3)7-5-6-18-44-33(24)22-38(4)21-27-14-16-36-17-15-27/h8-17,19,24-26,33,37,40H,5-7,18,20-23H2,1-4H3/t24-,25+,26-,33+/m1/s1. The average molecular weight is 673 g/mol. The van der Waals surface area contributed by atoms with Gasteiger partial charge >= 0.3 is 0 Å². The van der Waals surface area contributed by atoms with Crippen LogP contribution in [-0.2, 0) is 21.3 Å². The molecule has 0 radical (unpaired) electrons. The Morgan fingerprint density at radius 1 is 1.11 bits per heavy atom. The van der Waals surface area contributed by atoms with Crippen LogP contribution in [0.3, 0.4) is 0 Å². The van der Waals surface area contributed by atoms with E-state index in [1.807, 2.05) is 26.1 Å². The first kappa shape index (κ1) is 35.6. The SMILES string of the molecule is C[C@@H]1CCCCO[C@@H](CN(C)Cc2ccncc2)[C@H](C)CN([C@@H](C)CO)C(=O)c2cc(NS(=O)(=O)c3ccc(Cl)cc3)ccc2O1. The Labute approximate surface area is 277 Å². The lowest BCUT2D eigenvalue weighted by Gasteiger charge is -2.36. The van der Waals surface area contributed by atoms with Crippen LogP contribution in [0.25, 0.3) is 0 Å². The van der Waals surface area contributed by atoms with Gasteiger partial charge < -0.3 is 19.5 Å². The number of aromatic nitrogens is 1. The van der Waals surface area contributed by atoms with Crippen LogP contribution in [0, 0.1) is 5.92 Å². The Balaban J connectivity index is 1.64. The summed E-state index contributed by atoms with van der Waals surface area (Å²) in [7, 11) is -1.91. The number of likely N-dealkylation sites (N-methyl/N-ethyl adjacent to an activating group) is 1. The molecule has 2 heterocycles. The van der Waals surface area contributed by atoms with Gasteiger partial charge in [-0.15, -0.1) is 0 Å². The van der Waals surface area contributed by atoms with Gasteiger partial charge in [0.25, 0.3) is 15.9 Å². The van der Waals surface area contributed by atoms with Gasteiger partial charge in [-0.1, -0.05) is 18.5 Å². The molecular weight excluding hydrogens is 628 g/mol. The summed E-state index contributed by atoms with van der Waals surface area (Å²) in [4.78, 5) is 22.3. The van der Waals surface area contributed by atoms with Crippen LogP contribution in [0.2, 0.25) is 5.02 Å². The van der Waals surface area contributed by atoms with E-state index in [0.29, 0.717) is 30.5 Å². The Kier molecular flexibility index (Phi) is 12.8. The highest BCUT2D eigenvalue weighted by Crippen LogP contribution is 2.30. The van der Waals surface area contributed by atoms with Crippen LogP contribution in [0.1, 0.15) is 56.0 Å².